The summed E-state index contributed by atoms with van der Waals surface area (Å²) in [6, 6.07) is 0.611. The lowest BCUT2D eigenvalue weighted by Gasteiger charge is -2.18. The normalized spacial score (nSPS) is 12.4. The molecular weight excluding hydrogens is 358 g/mol. The van der Waals surface area contributed by atoms with E-state index in [0.717, 1.165) is 7.11 Å². The van der Waals surface area contributed by atoms with E-state index in [4.69, 9.17) is 0 Å². The van der Waals surface area contributed by atoms with Crippen LogP contribution in [0.1, 0.15) is 16.7 Å². The third kappa shape index (κ3) is 3.65. The van der Waals surface area contributed by atoms with Crippen molar-refractivity contribution in [2.75, 3.05) is 7.11 Å². The average molecular weight is 365 g/mol. The fourth-order valence-corrected chi connectivity index (χ4v) is 2.21. The Bertz CT molecular complexity index is 521. The molecular formula is C11H7BrF6O2. The summed E-state index contributed by atoms with van der Waals surface area (Å²) in [5.41, 5.74) is -3.41. The van der Waals surface area contributed by atoms with Crippen LogP contribution in [0.4, 0.5) is 26.3 Å². The molecule has 0 saturated carbocycles. The second-order valence-corrected chi connectivity index (χ2v) is 4.49. The van der Waals surface area contributed by atoms with Crippen molar-refractivity contribution in [3.63, 3.8) is 0 Å². The summed E-state index contributed by atoms with van der Waals surface area (Å²) in [5.74, 6) is -1.07. The van der Waals surface area contributed by atoms with Gasteiger partial charge >= 0.3 is 18.3 Å². The van der Waals surface area contributed by atoms with Gasteiger partial charge in [-0.2, -0.15) is 26.3 Å². The van der Waals surface area contributed by atoms with E-state index in [1.165, 1.54) is 0 Å². The Morgan fingerprint density at radius 3 is 1.95 bits per heavy atom. The summed E-state index contributed by atoms with van der Waals surface area (Å²) in [6.45, 7) is 0. The highest BCUT2D eigenvalue weighted by molar-refractivity contribution is 9.10. The van der Waals surface area contributed by atoms with Gasteiger partial charge in [-0.3, -0.25) is 4.79 Å². The zero-order valence-corrected chi connectivity index (χ0v) is 11.4. The van der Waals surface area contributed by atoms with E-state index in [-0.39, 0.29) is 0 Å². The van der Waals surface area contributed by atoms with E-state index in [0.29, 0.717) is 12.1 Å². The van der Waals surface area contributed by atoms with Crippen molar-refractivity contribution in [1.82, 2.24) is 0 Å². The summed E-state index contributed by atoms with van der Waals surface area (Å²) in [6.07, 6.45) is -10.6. The molecule has 0 aromatic heterocycles. The third-order valence-electron chi connectivity index (χ3n) is 2.40. The Morgan fingerprint density at radius 1 is 1.10 bits per heavy atom. The Hall–Kier alpha value is -1.25. The van der Waals surface area contributed by atoms with Crippen LogP contribution in [-0.2, 0) is 28.3 Å². The molecule has 0 aliphatic heterocycles. The number of esters is 1. The standard InChI is InChI=1S/C11H7BrF6O2/c1-20-8(19)4-5-6(10(13,14)15)2-3-7(9(5)12)11(16,17)18/h2-3H,4H2,1H3. The maximum Gasteiger partial charge on any atom is 0.417 e. The van der Waals surface area contributed by atoms with E-state index in [2.05, 4.69) is 20.7 Å². The molecule has 0 aliphatic carbocycles. The Labute approximate surface area is 117 Å². The average Bonchev–Trinajstić information content (AvgIpc) is 2.28. The first kappa shape index (κ1) is 16.8. The number of ether oxygens (including phenoxy) is 1. The number of benzene rings is 1. The molecule has 2 nitrogen and oxygen atoms in total. The maximum atomic E-state index is 12.8. The topological polar surface area (TPSA) is 26.3 Å². The Morgan fingerprint density at radius 2 is 1.55 bits per heavy atom. The molecule has 0 saturated heterocycles. The molecule has 0 amide bonds. The maximum absolute atomic E-state index is 12.8. The van der Waals surface area contributed by atoms with E-state index in [1.807, 2.05) is 0 Å². The second kappa shape index (κ2) is 5.63. The van der Waals surface area contributed by atoms with Crippen LogP contribution in [0.15, 0.2) is 16.6 Å². The molecule has 0 N–H and O–H groups in total. The predicted octanol–water partition coefficient (Wildman–Crippen LogP) is 4.20. The van der Waals surface area contributed by atoms with E-state index in [1.54, 1.807) is 0 Å². The lowest BCUT2D eigenvalue weighted by molar-refractivity contribution is -0.144. The van der Waals surface area contributed by atoms with Gasteiger partial charge in [0.2, 0.25) is 0 Å². The summed E-state index contributed by atoms with van der Waals surface area (Å²) < 4.78 is 79.6. The van der Waals surface area contributed by atoms with Crippen LogP contribution in [0, 0.1) is 0 Å². The molecule has 0 atom stereocenters. The number of halogens is 7. The van der Waals surface area contributed by atoms with Crippen molar-refractivity contribution in [1.29, 1.82) is 0 Å². The molecule has 9 heteroatoms. The van der Waals surface area contributed by atoms with Gasteiger partial charge < -0.3 is 4.74 Å². The first-order valence-corrected chi connectivity index (χ1v) is 5.80. The number of carbonyl (C=O) groups excluding carboxylic acids is 1. The number of hydrogen-bond acceptors (Lipinski definition) is 2. The van der Waals surface area contributed by atoms with Crippen LogP contribution in [0.3, 0.4) is 0 Å². The monoisotopic (exact) mass is 364 g/mol. The Balaban J connectivity index is 3.50. The lowest BCUT2D eigenvalue weighted by Crippen LogP contribution is -2.17. The van der Waals surface area contributed by atoms with Gasteiger partial charge in [-0.15, -0.1) is 0 Å². The zero-order valence-electron chi connectivity index (χ0n) is 9.82. The van der Waals surface area contributed by atoms with E-state index >= 15 is 0 Å². The molecule has 1 aromatic carbocycles. The lowest BCUT2D eigenvalue weighted by atomic mass is 10.0. The predicted molar refractivity (Wildman–Crippen MR) is 59.9 cm³/mol. The summed E-state index contributed by atoms with van der Waals surface area (Å²) >= 11 is 2.49. The first-order valence-electron chi connectivity index (χ1n) is 5.01. The largest absolute Gasteiger partial charge is 0.469 e. The van der Waals surface area contributed by atoms with E-state index in [9.17, 15) is 31.1 Å². The SMILES string of the molecule is COC(=O)Cc1c(C(F)(F)F)ccc(C(F)(F)F)c1Br. The van der Waals surface area contributed by atoms with Gasteiger partial charge in [0.1, 0.15) is 0 Å². The van der Waals surface area contributed by atoms with Crippen molar-refractivity contribution < 1.29 is 35.9 Å². The minimum absolute atomic E-state index is 0.297. The smallest absolute Gasteiger partial charge is 0.417 e. The number of rotatable bonds is 2. The number of hydrogen-bond donors (Lipinski definition) is 0. The molecule has 20 heavy (non-hydrogen) atoms. The molecule has 1 aromatic rings. The van der Waals surface area contributed by atoms with Crippen molar-refractivity contribution in [3.8, 4) is 0 Å². The van der Waals surface area contributed by atoms with Gasteiger partial charge in [0.25, 0.3) is 0 Å². The van der Waals surface area contributed by atoms with Crippen LogP contribution in [0.5, 0.6) is 0 Å². The van der Waals surface area contributed by atoms with Gasteiger partial charge in [0, 0.05) is 4.47 Å². The third-order valence-corrected chi connectivity index (χ3v) is 3.31. The highest BCUT2D eigenvalue weighted by atomic mass is 79.9. The van der Waals surface area contributed by atoms with Crippen LogP contribution >= 0.6 is 15.9 Å². The van der Waals surface area contributed by atoms with Gasteiger partial charge in [0.15, 0.2) is 0 Å². The number of methoxy groups -OCH3 is 1. The fourth-order valence-electron chi connectivity index (χ4n) is 1.50. The first-order chi connectivity index (χ1) is 8.98. The molecule has 0 heterocycles. The molecule has 1 rings (SSSR count). The molecule has 0 aliphatic rings. The summed E-state index contributed by atoms with van der Waals surface area (Å²) in [7, 11) is 0.928. The van der Waals surface area contributed by atoms with Gasteiger partial charge in [0.05, 0.1) is 24.7 Å². The van der Waals surface area contributed by atoms with Crippen molar-refractivity contribution in [2.45, 2.75) is 18.8 Å². The molecule has 0 unspecified atom stereocenters. The quantitative estimate of drug-likeness (QED) is 0.580. The number of carbonyl (C=O) groups is 1. The van der Waals surface area contributed by atoms with Gasteiger partial charge in [-0.1, -0.05) is 0 Å². The molecule has 112 valence electrons. The van der Waals surface area contributed by atoms with Crippen molar-refractivity contribution in [2.24, 2.45) is 0 Å². The van der Waals surface area contributed by atoms with Crippen LogP contribution in [0.25, 0.3) is 0 Å². The zero-order chi connectivity index (χ0) is 15.7. The molecule has 0 radical (unpaired) electrons. The highest BCUT2D eigenvalue weighted by Crippen LogP contribution is 2.42. The minimum atomic E-state index is -4.88. The van der Waals surface area contributed by atoms with Crippen molar-refractivity contribution in [3.05, 3.63) is 33.3 Å². The highest BCUT2D eigenvalue weighted by Gasteiger charge is 2.40. The fraction of sp³-hybridized carbons (Fsp3) is 0.364. The minimum Gasteiger partial charge on any atom is -0.469 e. The summed E-state index contributed by atoms with van der Waals surface area (Å²) in [5, 5.41) is 0. The van der Waals surface area contributed by atoms with Gasteiger partial charge in [-0.25, -0.2) is 0 Å². The van der Waals surface area contributed by atoms with Crippen molar-refractivity contribution >= 4 is 21.9 Å². The summed E-state index contributed by atoms with van der Waals surface area (Å²) in [4.78, 5) is 11.1. The number of alkyl halides is 6. The van der Waals surface area contributed by atoms with E-state index < -0.39 is 45.9 Å². The van der Waals surface area contributed by atoms with Crippen LogP contribution in [-0.4, -0.2) is 13.1 Å². The van der Waals surface area contributed by atoms with Gasteiger partial charge in [-0.05, 0) is 33.6 Å². The molecule has 0 spiro atoms. The molecule has 0 bridgehead atoms. The Kier molecular flexibility index (Phi) is 4.73. The second-order valence-electron chi connectivity index (χ2n) is 3.70. The van der Waals surface area contributed by atoms with Crippen LogP contribution in [0.2, 0.25) is 0 Å². The molecule has 0 fully saturated rings. The van der Waals surface area contributed by atoms with Crippen LogP contribution < -0.4 is 0 Å².